The molecule has 0 radical (unpaired) electrons. The lowest BCUT2D eigenvalue weighted by atomic mass is 9.43. The van der Waals surface area contributed by atoms with Crippen molar-refractivity contribution in [2.24, 2.45) is 17.3 Å². The first-order valence-electron chi connectivity index (χ1n) is 12.2. The number of piperidine rings is 1. The molecule has 1 aromatic rings. The van der Waals surface area contributed by atoms with Crippen molar-refractivity contribution in [3.63, 3.8) is 0 Å². The number of aliphatic hydroxyl groups excluding tert-OH is 1. The Morgan fingerprint density at radius 2 is 2.16 bits per heavy atom. The van der Waals surface area contributed by atoms with Crippen molar-refractivity contribution >= 4 is 6.03 Å². The third-order valence-electron chi connectivity index (χ3n) is 9.64. The van der Waals surface area contributed by atoms with Crippen LogP contribution < -0.4 is 5.32 Å². The number of carbonyl (C=O) groups is 1. The van der Waals surface area contributed by atoms with Gasteiger partial charge in [0.2, 0.25) is 0 Å². The van der Waals surface area contributed by atoms with Crippen molar-refractivity contribution in [3.05, 3.63) is 29.3 Å². The van der Waals surface area contributed by atoms with Crippen molar-refractivity contribution < 1.29 is 15.0 Å². The molecule has 4 bridgehead atoms. The molecular weight excluding hydrogens is 390 g/mol. The molecule has 5 aliphatic rings. The predicted molar refractivity (Wildman–Crippen MR) is 118 cm³/mol. The maximum Gasteiger partial charge on any atom is 0.317 e. The Morgan fingerprint density at radius 1 is 1.32 bits per heavy atom. The molecule has 2 unspecified atom stereocenters. The zero-order chi connectivity index (χ0) is 21.5. The molecule has 3 N–H and O–H groups in total. The molecule has 2 aliphatic heterocycles. The molecule has 6 heteroatoms. The molecule has 6 atom stereocenters. The van der Waals surface area contributed by atoms with Gasteiger partial charge in [-0.1, -0.05) is 6.07 Å². The van der Waals surface area contributed by atoms with Crippen molar-refractivity contribution in [3.8, 4) is 5.75 Å². The molecule has 2 saturated carbocycles. The Labute approximate surface area is 184 Å². The highest BCUT2D eigenvalue weighted by atomic mass is 16.3. The van der Waals surface area contributed by atoms with Crippen LogP contribution in [-0.2, 0) is 11.8 Å². The number of carbonyl (C=O) groups excluding carboxylic acids is 1. The Balaban J connectivity index is 1.48. The van der Waals surface area contributed by atoms with Crippen LogP contribution in [0.2, 0.25) is 0 Å². The minimum absolute atomic E-state index is 0.0381. The van der Waals surface area contributed by atoms with Crippen LogP contribution in [-0.4, -0.2) is 70.4 Å². The number of aliphatic hydroxyl groups is 1. The van der Waals surface area contributed by atoms with E-state index in [9.17, 15) is 15.0 Å². The molecule has 2 heterocycles. The van der Waals surface area contributed by atoms with Crippen molar-refractivity contribution in [1.29, 1.82) is 0 Å². The molecule has 3 aliphatic carbocycles. The molecule has 2 amide bonds. The van der Waals surface area contributed by atoms with Crippen LogP contribution in [0.3, 0.4) is 0 Å². The zero-order valence-electron chi connectivity index (χ0n) is 18.7. The maximum absolute atomic E-state index is 13.1. The fourth-order valence-corrected chi connectivity index (χ4v) is 9.05. The SMILES string of the molecule is CC(C)NC(=O)N1C[C@H]2C[C@@]34CCC1C2[C@@]31CCN(CCO)[C@@H]4Cc2ccc(O)cc21. The fourth-order valence-electron chi connectivity index (χ4n) is 9.05. The largest absolute Gasteiger partial charge is 0.508 e. The van der Waals surface area contributed by atoms with Crippen LogP contribution in [0.5, 0.6) is 5.75 Å². The number of nitrogens with one attached hydrogen (secondary N) is 1. The summed E-state index contributed by atoms with van der Waals surface area (Å²) < 4.78 is 0. The molecule has 168 valence electrons. The number of hydrogen-bond acceptors (Lipinski definition) is 4. The van der Waals surface area contributed by atoms with E-state index in [1.807, 2.05) is 19.9 Å². The molecular formula is C25H35N3O3. The average Bonchev–Trinajstić information content (AvgIpc) is 3.16. The van der Waals surface area contributed by atoms with Gasteiger partial charge in [0.05, 0.1) is 6.61 Å². The van der Waals surface area contributed by atoms with E-state index in [1.165, 1.54) is 17.5 Å². The average molecular weight is 426 g/mol. The van der Waals surface area contributed by atoms with Crippen LogP contribution >= 0.6 is 0 Å². The molecule has 6 nitrogen and oxygen atoms in total. The summed E-state index contributed by atoms with van der Waals surface area (Å²) in [5.74, 6) is 1.36. The van der Waals surface area contributed by atoms with E-state index in [-0.39, 0.29) is 35.6 Å². The number of benzene rings is 1. The monoisotopic (exact) mass is 425 g/mol. The Hall–Kier alpha value is -1.79. The van der Waals surface area contributed by atoms with Crippen LogP contribution in [0.25, 0.3) is 0 Å². The number of urea groups is 1. The molecule has 31 heavy (non-hydrogen) atoms. The summed E-state index contributed by atoms with van der Waals surface area (Å²) in [5.41, 5.74) is 2.98. The topological polar surface area (TPSA) is 76.0 Å². The summed E-state index contributed by atoms with van der Waals surface area (Å²) in [6.45, 7) is 6.87. The number of fused-ring (bicyclic) bond motifs is 1. The van der Waals surface area contributed by atoms with E-state index in [0.29, 0.717) is 23.6 Å². The number of phenolic OH excluding ortho intramolecular Hbond substituents is 1. The van der Waals surface area contributed by atoms with Gasteiger partial charge in [-0.25, -0.2) is 4.79 Å². The van der Waals surface area contributed by atoms with E-state index >= 15 is 0 Å². The summed E-state index contributed by atoms with van der Waals surface area (Å²) in [6, 6.07) is 7.01. The lowest BCUT2D eigenvalue weighted by Crippen LogP contribution is -2.70. The van der Waals surface area contributed by atoms with Crippen LogP contribution in [0, 0.1) is 17.3 Å². The second-order valence-corrected chi connectivity index (χ2v) is 11.1. The minimum Gasteiger partial charge on any atom is -0.508 e. The number of nitrogens with zero attached hydrogens (tertiary/aromatic N) is 2. The molecule has 4 fully saturated rings. The fraction of sp³-hybridized carbons (Fsp3) is 0.720. The van der Waals surface area contributed by atoms with Crippen molar-refractivity contribution in [2.45, 2.75) is 69.5 Å². The van der Waals surface area contributed by atoms with E-state index in [0.717, 1.165) is 45.3 Å². The van der Waals surface area contributed by atoms with Crippen molar-refractivity contribution in [2.75, 3.05) is 26.2 Å². The molecule has 0 spiro atoms. The highest BCUT2D eigenvalue weighted by molar-refractivity contribution is 5.75. The van der Waals surface area contributed by atoms with E-state index in [2.05, 4.69) is 27.2 Å². The smallest absolute Gasteiger partial charge is 0.317 e. The first kappa shape index (κ1) is 19.9. The quantitative estimate of drug-likeness (QED) is 0.695. The van der Waals surface area contributed by atoms with Crippen molar-refractivity contribution in [1.82, 2.24) is 15.1 Å². The molecule has 2 saturated heterocycles. The number of phenols is 1. The standard InChI is InChI=1S/C25H35N3O3/c1-15(2)26-23(31)28-14-17-13-24-6-5-20(28)22(17)25(24)7-8-27(9-10-29)21(24)11-16-3-4-18(30)12-19(16)25/h3-4,12,15,17,20-22,29-30H,5-11,13-14H2,1-2H3,(H,26,31)/t17-,20?,21-,22?,24-,25+/m1/s1. The van der Waals surface area contributed by atoms with Gasteiger partial charge in [-0.2, -0.15) is 0 Å². The summed E-state index contributed by atoms with van der Waals surface area (Å²) in [6.07, 6.45) is 5.46. The van der Waals surface area contributed by atoms with Crippen LogP contribution in [0.4, 0.5) is 4.79 Å². The van der Waals surface area contributed by atoms with Gasteiger partial charge in [0, 0.05) is 36.6 Å². The van der Waals surface area contributed by atoms with Gasteiger partial charge in [0.25, 0.3) is 0 Å². The lowest BCUT2D eigenvalue weighted by Gasteiger charge is -2.66. The van der Waals surface area contributed by atoms with Gasteiger partial charge in [-0.05, 0) is 93.0 Å². The molecule has 6 rings (SSSR count). The van der Waals surface area contributed by atoms with Gasteiger partial charge in [-0.3, -0.25) is 4.90 Å². The molecule has 1 aromatic carbocycles. The highest BCUT2D eigenvalue weighted by Gasteiger charge is 2.76. The lowest BCUT2D eigenvalue weighted by molar-refractivity contribution is -0.103. The minimum atomic E-state index is 0.0381. The normalized spacial score (nSPS) is 40.1. The van der Waals surface area contributed by atoms with E-state index < -0.39 is 0 Å². The predicted octanol–water partition coefficient (Wildman–Crippen LogP) is 2.47. The number of likely N-dealkylation sites (tertiary alicyclic amines) is 2. The Kier molecular flexibility index (Phi) is 4.24. The summed E-state index contributed by atoms with van der Waals surface area (Å²) in [4.78, 5) is 17.8. The first-order chi connectivity index (χ1) is 14.9. The Bertz CT molecular complexity index is 919. The van der Waals surface area contributed by atoms with Gasteiger partial charge in [0.15, 0.2) is 0 Å². The molecule has 0 aromatic heterocycles. The first-order valence-corrected chi connectivity index (χ1v) is 12.2. The summed E-state index contributed by atoms with van der Waals surface area (Å²) in [5, 5.41) is 23.4. The van der Waals surface area contributed by atoms with Gasteiger partial charge < -0.3 is 20.4 Å². The second kappa shape index (κ2) is 6.61. The number of rotatable bonds is 3. The summed E-state index contributed by atoms with van der Waals surface area (Å²) >= 11 is 0. The number of amides is 2. The highest BCUT2D eigenvalue weighted by Crippen LogP contribution is 2.75. The number of β-amino-alcohol motifs (C(OH)–C–C–N with tert-alkyl or cyclic N) is 1. The number of aromatic hydroxyl groups is 1. The maximum atomic E-state index is 13.1. The third-order valence-corrected chi connectivity index (χ3v) is 9.64. The van der Waals surface area contributed by atoms with Crippen LogP contribution in [0.15, 0.2) is 18.2 Å². The van der Waals surface area contributed by atoms with Gasteiger partial charge >= 0.3 is 6.03 Å². The van der Waals surface area contributed by atoms with Gasteiger partial charge in [0.1, 0.15) is 5.75 Å². The van der Waals surface area contributed by atoms with E-state index in [4.69, 9.17) is 0 Å². The second-order valence-electron chi connectivity index (χ2n) is 11.1. The zero-order valence-corrected chi connectivity index (χ0v) is 18.7. The van der Waals surface area contributed by atoms with Gasteiger partial charge in [-0.15, -0.1) is 0 Å². The van der Waals surface area contributed by atoms with E-state index in [1.54, 1.807) is 0 Å². The van der Waals surface area contributed by atoms with Crippen LogP contribution in [0.1, 0.15) is 50.7 Å². The third kappa shape index (κ3) is 2.38. The summed E-state index contributed by atoms with van der Waals surface area (Å²) in [7, 11) is 0. The number of hydrogen-bond donors (Lipinski definition) is 3. The Morgan fingerprint density at radius 3 is 2.94 bits per heavy atom.